The molecule has 0 bridgehead atoms. The molecule has 1 heterocycles. The molecule has 72 valence electrons. The van der Waals surface area contributed by atoms with Crippen LogP contribution in [0.3, 0.4) is 0 Å². The van der Waals surface area contributed by atoms with Crippen molar-refractivity contribution in [1.82, 2.24) is 9.55 Å². The van der Waals surface area contributed by atoms with E-state index >= 15 is 0 Å². The van der Waals surface area contributed by atoms with E-state index in [2.05, 4.69) is 18.8 Å². The van der Waals surface area contributed by atoms with Gasteiger partial charge in [0.25, 0.3) is 5.56 Å². The van der Waals surface area contributed by atoms with Gasteiger partial charge in [-0.1, -0.05) is 13.8 Å². The fraction of sp³-hybridized carbons (Fsp3) is 0.556. The minimum atomic E-state index is -0.220. The highest BCUT2D eigenvalue weighted by atomic mass is 16.1. The normalized spacial score (nSPS) is 10.8. The molecule has 1 aromatic heterocycles. The third-order valence-electron chi connectivity index (χ3n) is 1.72. The Balaban J connectivity index is 2.93. The molecule has 0 radical (unpaired) electrons. The van der Waals surface area contributed by atoms with Crippen LogP contribution in [0.25, 0.3) is 0 Å². The SMILES string of the molecule is CC(C)Cn1cnc(=O)c(CN)c1. The van der Waals surface area contributed by atoms with Gasteiger partial charge in [0.1, 0.15) is 0 Å². The smallest absolute Gasteiger partial charge is 0.277 e. The third kappa shape index (κ3) is 2.66. The Morgan fingerprint density at radius 2 is 2.31 bits per heavy atom. The van der Waals surface area contributed by atoms with Gasteiger partial charge >= 0.3 is 0 Å². The average molecular weight is 181 g/mol. The maximum absolute atomic E-state index is 11.1. The lowest BCUT2D eigenvalue weighted by atomic mass is 10.2. The van der Waals surface area contributed by atoms with Gasteiger partial charge in [0, 0.05) is 24.8 Å². The van der Waals surface area contributed by atoms with E-state index in [4.69, 9.17) is 5.73 Å². The second kappa shape index (κ2) is 4.18. The van der Waals surface area contributed by atoms with Crippen molar-refractivity contribution in [2.75, 3.05) is 0 Å². The van der Waals surface area contributed by atoms with Crippen LogP contribution in [0.2, 0.25) is 0 Å². The second-order valence-corrected chi connectivity index (χ2v) is 3.50. The molecule has 2 N–H and O–H groups in total. The molecular formula is C9H15N3O. The summed E-state index contributed by atoms with van der Waals surface area (Å²) in [6, 6.07) is 0. The van der Waals surface area contributed by atoms with Gasteiger partial charge in [-0.15, -0.1) is 0 Å². The van der Waals surface area contributed by atoms with Crippen molar-refractivity contribution < 1.29 is 0 Å². The van der Waals surface area contributed by atoms with Gasteiger partial charge in [-0.25, -0.2) is 0 Å². The van der Waals surface area contributed by atoms with Crippen molar-refractivity contribution in [3.8, 4) is 0 Å². The zero-order chi connectivity index (χ0) is 9.84. The highest BCUT2D eigenvalue weighted by Crippen LogP contribution is 1.97. The molecule has 13 heavy (non-hydrogen) atoms. The van der Waals surface area contributed by atoms with Crippen LogP contribution < -0.4 is 11.3 Å². The summed E-state index contributed by atoms with van der Waals surface area (Å²) in [5, 5.41) is 0. The van der Waals surface area contributed by atoms with Crippen molar-refractivity contribution in [1.29, 1.82) is 0 Å². The summed E-state index contributed by atoms with van der Waals surface area (Å²) < 4.78 is 1.90. The predicted octanol–water partition coefficient (Wildman–Crippen LogP) is 0.358. The van der Waals surface area contributed by atoms with Crippen LogP contribution in [0.4, 0.5) is 0 Å². The van der Waals surface area contributed by atoms with Gasteiger partial charge in [0.15, 0.2) is 0 Å². The van der Waals surface area contributed by atoms with Crippen molar-refractivity contribution in [3.05, 3.63) is 28.4 Å². The minimum absolute atomic E-state index is 0.220. The van der Waals surface area contributed by atoms with Gasteiger partial charge in [0.05, 0.1) is 6.33 Å². The van der Waals surface area contributed by atoms with Crippen molar-refractivity contribution in [3.63, 3.8) is 0 Å². The molecule has 0 saturated heterocycles. The lowest BCUT2D eigenvalue weighted by Crippen LogP contribution is -2.19. The Morgan fingerprint density at radius 3 is 2.85 bits per heavy atom. The fourth-order valence-electron chi connectivity index (χ4n) is 1.16. The topological polar surface area (TPSA) is 60.9 Å². The van der Waals surface area contributed by atoms with E-state index in [1.54, 1.807) is 12.5 Å². The zero-order valence-electron chi connectivity index (χ0n) is 8.03. The molecule has 0 amide bonds. The molecule has 4 heteroatoms. The number of hydrogen-bond acceptors (Lipinski definition) is 3. The number of nitrogens with two attached hydrogens (primary N) is 1. The highest BCUT2D eigenvalue weighted by molar-refractivity contribution is 5.03. The van der Waals surface area contributed by atoms with E-state index < -0.39 is 0 Å². The summed E-state index contributed by atoms with van der Waals surface area (Å²) in [6.07, 6.45) is 3.33. The van der Waals surface area contributed by atoms with Crippen LogP contribution in [-0.2, 0) is 13.1 Å². The van der Waals surface area contributed by atoms with Crippen molar-refractivity contribution in [2.45, 2.75) is 26.9 Å². The monoisotopic (exact) mass is 181 g/mol. The molecule has 0 unspecified atom stereocenters. The third-order valence-corrected chi connectivity index (χ3v) is 1.72. The largest absolute Gasteiger partial charge is 0.338 e. The maximum Gasteiger partial charge on any atom is 0.277 e. The molecule has 0 aromatic carbocycles. The van der Waals surface area contributed by atoms with E-state index in [9.17, 15) is 4.79 Å². The number of aromatic nitrogens is 2. The molecule has 1 aromatic rings. The summed E-state index contributed by atoms with van der Waals surface area (Å²) in [6.45, 7) is 5.34. The number of hydrogen-bond donors (Lipinski definition) is 1. The Kier molecular flexibility index (Phi) is 3.19. The van der Waals surface area contributed by atoms with Crippen LogP contribution in [0.5, 0.6) is 0 Å². The molecule has 0 fully saturated rings. The number of nitrogens with zero attached hydrogens (tertiary/aromatic N) is 2. The average Bonchev–Trinajstić information content (AvgIpc) is 2.07. The highest BCUT2D eigenvalue weighted by Gasteiger charge is 2.00. The van der Waals surface area contributed by atoms with Crippen LogP contribution >= 0.6 is 0 Å². The first-order valence-electron chi connectivity index (χ1n) is 4.38. The lowest BCUT2D eigenvalue weighted by molar-refractivity contribution is 0.512. The molecule has 0 atom stereocenters. The zero-order valence-corrected chi connectivity index (χ0v) is 8.03. The quantitative estimate of drug-likeness (QED) is 0.732. The van der Waals surface area contributed by atoms with Crippen LogP contribution in [0.1, 0.15) is 19.4 Å². The van der Waals surface area contributed by atoms with Gasteiger partial charge in [0.2, 0.25) is 0 Å². The molecule has 0 aliphatic carbocycles. The molecule has 0 saturated carbocycles. The van der Waals surface area contributed by atoms with E-state index in [0.29, 0.717) is 11.5 Å². The van der Waals surface area contributed by atoms with E-state index in [1.807, 2.05) is 4.57 Å². The first-order valence-corrected chi connectivity index (χ1v) is 4.38. The molecule has 0 aliphatic rings. The lowest BCUT2D eigenvalue weighted by Gasteiger charge is -2.08. The Bertz CT molecular complexity index is 330. The van der Waals surface area contributed by atoms with Gasteiger partial charge < -0.3 is 10.3 Å². The Labute approximate surface area is 77.4 Å². The van der Waals surface area contributed by atoms with Gasteiger partial charge in [-0.3, -0.25) is 4.79 Å². The molecule has 0 spiro atoms. The van der Waals surface area contributed by atoms with Gasteiger partial charge in [-0.2, -0.15) is 4.98 Å². The molecule has 4 nitrogen and oxygen atoms in total. The van der Waals surface area contributed by atoms with Crippen LogP contribution in [-0.4, -0.2) is 9.55 Å². The van der Waals surface area contributed by atoms with Gasteiger partial charge in [-0.05, 0) is 5.92 Å². The van der Waals surface area contributed by atoms with E-state index in [1.165, 1.54) is 0 Å². The second-order valence-electron chi connectivity index (χ2n) is 3.50. The fourth-order valence-corrected chi connectivity index (χ4v) is 1.16. The first-order chi connectivity index (χ1) is 6.13. The Morgan fingerprint density at radius 1 is 1.62 bits per heavy atom. The van der Waals surface area contributed by atoms with Crippen LogP contribution in [0.15, 0.2) is 17.3 Å². The molecule has 0 aliphatic heterocycles. The minimum Gasteiger partial charge on any atom is -0.338 e. The standard InChI is InChI=1S/C9H15N3O/c1-7(2)4-12-5-8(3-10)9(13)11-6-12/h5-7H,3-4,10H2,1-2H3. The van der Waals surface area contributed by atoms with E-state index in [0.717, 1.165) is 6.54 Å². The molecular weight excluding hydrogens is 166 g/mol. The molecule has 1 rings (SSSR count). The summed E-state index contributed by atoms with van der Waals surface area (Å²) in [5.41, 5.74) is 5.75. The summed E-state index contributed by atoms with van der Waals surface area (Å²) >= 11 is 0. The summed E-state index contributed by atoms with van der Waals surface area (Å²) in [4.78, 5) is 14.8. The van der Waals surface area contributed by atoms with Crippen LogP contribution in [0, 0.1) is 5.92 Å². The maximum atomic E-state index is 11.1. The summed E-state index contributed by atoms with van der Waals surface area (Å²) in [7, 11) is 0. The predicted molar refractivity (Wildman–Crippen MR) is 51.2 cm³/mol. The first kappa shape index (κ1) is 9.92. The Hall–Kier alpha value is -1.16. The van der Waals surface area contributed by atoms with Crippen molar-refractivity contribution >= 4 is 0 Å². The van der Waals surface area contributed by atoms with Crippen molar-refractivity contribution in [2.24, 2.45) is 11.7 Å². The summed E-state index contributed by atoms with van der Waals surface area (Å²) in [5.74, 6) is 0.537. The van der Waals surface area contributed by atoms with E-state index in [-0.39, 0.29) is 12.1 Å². The number of rotatable bonds is 3.